The smallest absolute Gasteiger partial charge is 0.150 e. The van der Waals surface area contributed by atoms with E-state index in [0.717, 1.165) is 6.42 Å². The molecule has 0 N–H and O–H groups in total. The van der Waals surface area contributed by atoms with Crippen molar-refractivity contribution in [2.24, 2.45) is 0 Å². The van der Waals surface area contributed by atoms with Gasteiger partial charge in [-0.15, -0.1) is 0 Å². The number of halogens is 1. The largest absolute Gasteiger partial charge is 1.00 e. The predicted molar refractivity (Wildman–Crippen MR) is 121 cm³/mol. The Morgan fingerprint density at radius 1 is 0.700 bits per heavy atom. The van der Waals surface area contributed by atoms with Crippen molar-refractivity contribution in [1.29, 1.82) is 0 Å². The van der Waals surface area contributed by atoms with Crippen molar-refractivity contribution in [2.45, 2.75) is 48.0 Å². The van der Waals surface area contributed by atoms with E-state index in [1.165, 1.54) is 44.8 Å². The average molecular weight is 465 g/mol. The van der Waals surface area contributed by atoms with Crippen LogP contribution in [0.25, 0.3) is 0 Å². The van der Waals surface area contributed by atoms with E-state index in [4.69, 9.17) is 0 Å². The molecule has 0 saturated carbocycles. The minimum atomic E-state index is 0. The Morgan fingerprint density at radius 3 is 1.37 bits per heavy atom. The molecule has 162 valence electrons. The molecule has 1 heterocycles. The number of rotatable bonds is 2. The van der Waals surface area contributed by atoms with E-state index in [0.29, 0.717) is 0 Å². The average Bonchev–Trinajstić information content (AvgIpc) is 3.28. The van der Waals surface area contributed by atoms with Crippen LogP contribution >= 0.6 is 0 Å². The molecular weight excluding hydrogens is 434 g/mol. The van der Waals surface area contributed by atoms with Crippen molar-refractivity contribution in [1.82, 2.24) is 0 Å². The summed E-state index contributed by atoms with van der Waals surface area (Å²) in [6.07, 6.45) is 14.3. The quantitative estimate of drug-likeness (QED) is 0.625. The Bertz CT molecular complexity index is 838. The molecule has 0 saturated heterocycles. The van der Waals surface area contributed by atoms with E-state index >= 15 is 0 Å². The summed E-state index contributed by atoms with van der Waals surface area (Å²) in [4.78, 5) is 4.45. The van der Waals surface area contributed by atoms with Crippen molar-refractivity contribution in [3.63, 3.8) is 0 Å². The molecule has 0 bridgehead atoms. The summed E-state index contributed by atoms with van der Waals surface area (Å²) in [5, 5.41) is 0. The monoisotopic (exact) mass is 463 g/mol. The minimum Gasteiger partial charge on any atom is -1.00 e. The van der Waals surface area contributed by atoms with E-state index in [9.17, 15) is 0 Å². The van der Waals surface area contributed by atoms with Gasteiger partial charge in [0.25, 0.3) is 0 Å². The second-order valence-corrected chi connectivity index (χ2v) is 7.73. The topological polar surface area (TPSA) is 6.48 Å². The SMILES string of the molecule is Cc1cc(C)c(N2[CH]N(c3c(C)cc(C)cc3C)C=C2)c(C)c1.[C]1=CC=CC1.[Cl-].[Ni]. The molecule has 4 heteroatoms. The van der Waals surface area contributed by atoms with Crippen LogP contribution in [0.4, 0.5) is 11.4 Å². The summed E-state index contributed by atoms with van der Waals surface area (Å²) >= 11 is 0. The van der Waals surface area contributed by atoms with Crippen LogP contribution in [-0.2, 0) is 16.5 Å². The van der Waals surface area contributed by atoms with Crippen molar-refractivity contribution in [3.8, 4) is 0 Å². The molecule has 30 heavy (non-hydrogen) atoms. The Labute approximate surface area is 198 Å². The van der Waals surface area contributed by atoms with Gasteiger partial charge in [0.15, 0.2) is 6.67 Å². The fourth-order valence-corrected chi connectivity index (χ4v) is 4.12. The van der Waals surface area contributed by atoms with Crippen LogP contribution in [0.2, 0.25) is 0 Å². The first-order chi connectivity index (χ1) is 13.4. The van der Waals surface area contributed by atoms with Crippen molar-refractivity contribution >= 4 is 11.4 Å². The maximum absolute atomic E-state index is 2.99. The number of benzene rings is 2. The van der Waals surface area contributed by atoms with Gasteiger partial charge >= 0.3 is 0 Å². The van der Waals surface area contributed by atoms with E-state index in [2.05, 4.69) is 107 Å². The third-order valence-corrected chi connectivity index (χ3v) is 5.01. The first-order valence-corrected chi connectivity index (χ1v) is 9.84. The predicted octanol–water partition coefficient (Wildman–Crippen LogP) is 3.76. The van der Waals surface area contributed by atoms with Crippen molar-refractivity contribution < 1.29 is 28.9 Å². The number of anilines is 2. The number of hydrogen-bond acceptors (Lipinski definition) is 2. The number of nitrogens with zero attached hydrogens (tertiary/aromatic N) is 2. The molecule has 2 aromatic carbocycles. The Hall–Kier alpha value is -1.96. The number of allylic oxidation sites excluding steroid dienone is 4. The standard InChI is InChI=1S/C21H25N2.C5H5.ClH.Ni/c1-14-9-16(3)20(17(4)10-14)22-7-8-23(13-22)21-18(5)11-15(2)12-19(21)6;1-2-4-5-3-1;;/h7-13H,1-6H3;1-3H,4H2;1H;/p-1. The summed E-state index contributed by atoms with van der Waals surface area (Å²) in [6.45, 7) is 15.2. The van der Waals surface area contributed by atoms with E-state index in [1.54, 1.807) is 0 Å². The van der Waals surface area contributed by atoms with E-state index < -0.39 is 0 Å². The van der Waals surface area contributed by atoms with Gasteiger partial charge in [0.2, 0.25) is 0 Å². The van der Waals surface area contributed by atoms with Crippen LogP contribution in [0, 0.1) is 54.3 Å². The minimum absolute atomic E-state index is 0. The number of aryl methyl sites for hydroxylation is 6. The third-order valence-electron chi connectivity index (χ3n) is 5.01. The summed E-state index contributed by atoms with van der Waals surface area (Å²) in [5.41, 5.74) is 10.4. The molecule has 0 atom stereocenters. The molecule has 0 aromatic heterocycles. The molecule has 1 aliphatic carbocycles. The molecule has 2 nitrogen and oxygen atoms in total. The van der Waals surface area contributed by atoms with Gasteiger partial charge in [0.05, 0.1) is 0 Å². The van der Waals surface area contributed by atoms with Gasteiger partial charge in [-0.25, -0.2) is 0 Å². The van der Waals surface area contributed by atoms with Crippen LogP contribution in [0.1, 0.15) is 39.8 Å². The molecule has 0 unspecified atom stereocenters. The summed E-state index contributed by atoms with van der Waals surface area (Å²) in [6, 6.07) is 8.98. The molecule has 2 aromatic rings. The van der Waals surface area contributed by atoms with Crippen molar-refractivity contribution in [2.75, 3.05) is 9.80 Å². The zero-order valence-corrected chi connectivity index (χ0v) is 20.3. The molecule has 0 amide bonds. The maximum Gasteiger partial charge on any atom is 0.150 e. The van der Waals surface area contributed by atoms with Gasteiger partial charge in [-0.3, -0.25) is 0 Å². The second kappa shape index (κ2) is 11.4. The molecule has 0 spiro atoms. The zero-order valence-electron chi connectivity index (χ0n) is 18.6. The van der Waals surface area contributed by atoms with E-state index in [-0.39, 0.29) is 28.9 Å². The van der Waals surface area contributed by atoms with Gasteiger partial charge in [0.1, 0.15) is 0 Å². The van der Waals surface area contributed by atoms with Crippen LogP contribution < -0.4 is 22.2 Å². The second-order valence-electron chi connectivity index (χ2n) is 7.73. The Balaban J connectivity index is 0.000000566. The fraction of sp³-hybridized carbons (Fsp3) is 0.269. The molecule has 0 fully saturated rings. The van der Waals surface area contributed by atoms with Gasteiger partial charge in [-0.1, -0.05) is 53.6 Å². The first kappa shape index (κ1) is 26.1. The van der Waals surface area contributed by atoms with Gasteiger partial charge in [-0.2, -0.15) is 0 Å². The van der Waals surface area contributed by atoms with Crippen LogP contribution in [0.3, 0.4) is 0 Å². The number of hydrogen-bond donors (Lipinski definition) is 0. The maximum atomic E-state index is 2.99. The first-order valence-electron chi connectivity index (χ1n) is 9.84. The van der Waals surface area contributed by atoms with Gasteiger partial charge in [0, 0.05) is 40.3 Å². The Kier molecular flexibility index (Phi) is 9.94. The van der Waals surface area contributed by atoms with Gasteiger partial charge < -0.3 is 22.2 Å². The fourth-order valence-electron chi connectivity index (χ4n) is 4.12. The molecule has 1 aliphatic heterocycles. The molecule has 2 radical (unpaired) electrons. The summed E-state index contributed by atoms with van der Waals surface area (Å²) in [7, 11) is 0. The van der Waals surface area contributed by atoms with Crippen molar-refractivity contribution in [3.05, 3.63) is 101 Å². The third kappa shape index (κ3) is 6.03. The van der Waals surface area contributed by atoms with Crippen LogP contribution in [-0.4, -0.2) is 0 Å². The van der Waals surface area contributed by atoms with Crippen LogP contribution in [0.5, 0.6) is 0 Å². The van der Waals surface area contributed by atoms with Gasteiger partial charge in [-0.05, 0) is 76.3 Å². The molecule has 4 rings (SSSR count). The summed E-state index contributed by atoms with van der Waals surface area (Å²) in [5.74, 6) is 0. The van der Waals surface area contributed by atoms with E-state index in [1.807, 2.05) is 12.2 Å². The summed E-state index contributed by atoms with van der Waals surface area (Å²) < 4.78 is 0. The zero-order chi connectivity index (χ0) is 20.3. The van der Waals surface area contributed by atoms with Crippen LogP contribution in [0.15, 0.2) is 54.9 Å². The molecule has 2 aliphatic rings. The normalized spacial score (nSPS) is 13.7. The molecular formula is C26H30ClN2Ni-. The Morgan fingerprint density at radius 2 is 1.10 bits per heavy atom.